The first-order chi connectivity index (χ1) is 4.37. The summed E-state index contributed by atoms with van der Waals surface area (Å²) in [6, 6.07) is 0. The molecular weight excluding hydrogens is 126 g/mol. The second kappa shape index (κ2) is 2.89. The van der Waals surface area contributed by atoms with Crippen molar-refractivity contribution < 1.29 is 5.11 Å². The summed E-state index contributed by atoms with van der Waals surface area (Å²) in [5.74, 6) is 0. The second-order valence-corrected chi connectivity index (χ2v) is 3.92. The molecule has 2 heteroatoms. The number of aliphatic hydroxyl groups excluding tert-OH is 1. The van der Waals surface area contributed by atoms with Gasteiger partial charge in [0.1, 0.15) is 0 Å². The van der Waals surface area contributed by atoms with E-state index in [1.807, 2.05) is 20.9 Å². The lowest BCUT2D eigenvalue weighted by Crippen LogP contribution is -2.51. The third kappa shape index (κ3) is 1.70. The maximum atomic E-state index is 9.02. The summed E-state index contributed by atoms with van der Waals surface area (Å²) in [6.07, 6.45) is 0. The lowest BCUT2D eigenvalue weighted by Gasteiger charge is -2.40. The Morgan fingerprint density at radius 3 is 1.70 bits per heavy atom. The van der Waals surface area contributed by atoms with Gasteiger partial charge < -0.3 is 10.4 Å². The first-order valence-corrected chi connectivity index (χ1v) is 3.67. The minimum absolute atomic E-state index is 0.0122. The highest BCUT2D eigenvalue weighted by Crippen LogP contribution is 2.28. The van der Waals surface area contributed by atoms with Gasteiger partial charge in [0.05, 0.1) is 0 Å². The first-order valence-electron chi connectivity index (χ1n) is 3.67. The molecule has 0 fully saturated rings. The normalized spacial score (nSPS) is 13.8. The van der Waals surface area contributed by atoms with Crippen molar-refractivity contribution in [3.63, 3.8) is 0 Å². The quantitative estimate of drug-likeness (QED) is 0.621. The fraction of sp³-hybridized carbons (Fsp3) is 1.00. The number of aliphatic hydroxyl groups is 1. The fourth-order valence-corrected chi connectivity index (χ4v) is 0.536. The molecule has 0 aromatic carbocycles. The molecule has 0 unspecified atom stereocenters. The Labute approximate surface area is 63.6 Å². The topological polar surface area (TPSA) is 32.3 Å². The van der Waals surface area contributed by atoms with E-state index in [0.29, 0.717) is 0 Å². The summed E-state index contributed by atoms with van der Waals surface area (Å²) in [4.78, 5) is 0. The average molecular weight is 145 g/mol. The molecule has 2 nitrogen and oxygen atoms in total. The third-order valence-electron chi connectivity index (χ3n) is 2.71. The Balaban J connectivity index is 4.28. The van der Waals surface area contributed by atoms with Crippen LogP contribution in [0.3, 0.4) is 0 Å². The van der Waals surface area contributed by atoms with Gasteiger partial charge in [0, 0.05) is 17.6 Å². The van der Waals surface area contributed by atoms with Crippen molar-refractivity contribution in [3.05, 3.63) is 0 Å². The molecule has 62 valence electrons. The van der Waals surface area contributed by atoms with Crippen molar-refractivity contribution in [1.82, 2.24) is 5.32 Å². The number of hydrogen-bond donors (Lipinski definition) is 2. The van der Waals surface area contributed by atoms with Crippen LogP contribution < -0.4 is 5.32 Å². The smallest absolute Gasteiger partial charge is 0.0499 e. The number of hydrogen-bond acceptors (Lipinski definition) is 2. The molecule has 0 aromatic heterocycles. The molecule has 2 N–H and O–H groups in total. The van der Waals surface area contributed by atoms with Crippen molar-refractivity contribution >= 4 is 0 Å². The zero-order valence-corrected chi connectivity index (χ0v) is 7.65. The van der Waals surface area contributed by atoms with Crippen molar-refractivity contribution in [3.8, 4) is 0 Å². The maximum absolute atomic E-state index is 9.02. The van der Waals surface area contributed by atoms with Gasteiger partial charge in [-0.2, -0.15) is 0 Å². The van der Waals surface area contributed by atoms with Crippen LogP contribution in [0.4, 0.5) is 0 Å². The van der Waals surface area contributed by atoms with Gasteiger partial charge in [-0.1, -0.05) is 13.8 Å². The molecule has 0 radical (unpaired) electrons. The van der Waals surface area contributed by atoms with Gasteiger partial charge in [-0.05, 0) is 20.9 Å². The van der Waals surface area contributed by atoms with Crippen LogP contribution in [0.5, 0.6) is 0 Å². The number of rotatable bonds is 3. The minimum Gasteiger partial charge on any atom is -0.396 e. The van der Waals surface area contributed by atoms with Gasteiger partial charge in [-0.25, -0.2) is 0 Å². The Bertz CT molecular complexity index is 93.8. The minimum atomic E-state index is -0.0677. The van der Waals surface area contributed by atoms with Crippen molar-refractivity contribution in [2.45, 2.75) is 33.2 Å². The van der Waals surface area contributed by atoms with Gasteiger partial charge in [0.25, 0.3) is 0 Å². The molecule has 0 rings (SSSR count). The summed E-state index contributed by atoms with van der Waals surface area (Å²) >= 11 is 0. The van der Waals surface area contributed by atoms with Crippen molar-refractivity contribution in [2.24, 2.45) is 5.41 Å². The van der Waals surface area contributed by atoms with Crippen LogP contribution in [0.15, 0.2) is 0 Å². The molecule has 0 saturated carbocycles. The van der Waals surface area contributed by atoms with E-state index in [1.165, 1.54) is 0 Å². The van der Waals surface area contributed by atoms with Crippen LogP contribution in [-0.2, 0) is 0 Å². The molecule has 0 aliphatic carbocycles. The van der Waals surface area contributed by atoms with E-state index in [4.69, 9.17) is 5.11 Å². The second-order valence-electron chi connectivity index (χ2n) is 3.92. The van der Waals surface area contributed by atoms with E-state index in [1.54, 1.807) is 0 Å². The monoisotopic (exact) mass is 145 g/mol. The SMILES string of the molecule is CNC(C)(C)C(C)(C)CO. The Morgan fingerprint density at radius 2 is 1.60 bits per heavy atom. The molecule has 0 spiro atoms. The summed E-state index contributed by atoms with van der Waals surface area (Å²) in [6.45, 7) is 8.47. The van der Waals surface area contributed by atoms with E-state index >= 15 is 0 Å². The zero-order chi connectivity index (χ0) is 8.41. The Kier molecular flexibility index (Phi) is 2.86. The van der Waals surface area contributed by atoms with Crippen LogP contribution in [0.2, 0.25) is 0 Å². The summed E-state index contributed by atoms with van der Waals surface area (Å²) < 4.78 is 0. The predicted molar refractivity (Wildman–Crippen MR) is 44.0 cm³/mol. The highest BCUT2D eigenvalue weighted by atomic mass is 16.3. The van der Waals surface area contributed by atoms with Gasteiger partial charge in [0.15, 0.2) is 0 Å². The van der Waals surface area contributed by atoms with Gasteiger partial charge in [-0.15, -0.1) is 0 Å². The van der Waals surface area contributed by atoms with Crippen LogP contribution in [0.1, 0.15) is 27.7 Å². The van der Waals surface area contributed by atoms with Gasteiger partial charge in [0.2, 0.25) is 0 Å². The van der Waals surface area contributed by atoms with E-state index in [-0.39, 0.29) is 17.6 Å². The highest BCUT2D eigenvalue weighted by molar-refractivity contribution is 4.91. The first kappa shape index (κ1) is 9.92. The van der Waals surface area contributed by atoms with E-state index in [9.17, 15) is 0 Å². The highest BCUT2D eigenvalue weighted by Gasteiger charge is 2.34. The number of nitrogens with one attached hydrogen (secondary N) is 1. The van der Waals surface area contributed by atoms with Crippen LogP contribution in [0.25, 0.3) is 0 Å². The van der Waals surface area contributed by atoms with Crippen LogP contribution in [-0.4, -0.2) is 24.3 Å². The van der Waals surface area contributed by atoms with Crippen molar-refractivity contribution in [2.75, 3.05) is 13.7 Å². The molecule has 0 heterocycles. The molecule has 10 heavy (non-hydrogen) atoms. The molecule has 0 bridgehead atoms. The molecular formula is C8H19NO. The third-order valence-corrected chi connectivity index (χ3v) is 2.71. The summed E-state index contributed by atoms with van der Waals surface area (Å²) in [5.41, 5.74) is -0.0799. The average Bonchev–Trinajstić information content (AvgIpc) is 1.88. The molecule has 0 aliphatic heterocycles. The molecule has 0 aliphatic rings. The largest absolute Gasteiger partial charge is 0.396 e. The molecule has 0 amide bonds. The predicted octanol–water partition coefficient (Wildman–Crippen LogP) is 1.00. The Morgan fingerprint density at radius 1 is 1.20 bits per heavy atom. The standard InChI is InChI=1S/C8H19NO/c1-7(2,6-10)8(3,4)9-5/h9-10H,6H2,1-5H3. The van der Waals surface area contributed by atoms with E-state index in [0.717, 1.165) is 0 Å². The summed E-state index contributed by atoms with van der Waals surface area (Å²) in [5, 5.41) is 12.2. The van der Waals surface area contributed by atoms with Crippen LogP contribution >= 0.6 is 0 Å². The van der Waals surface area contributed by atoms with Gasteiger partial charge >= 0.3 is 0 Å². The molecule has 0 atom stereocenters. The fourth-order valence-electron chi connectivity index (χ4n) is 0.536. The van der Waals surface area contributed by atoms with Crippen LogP contribution in [0, 0.1) is 5.41 Å². The Hall–Kier alpha value is -0.0800. The van der Waals surface area contributed by atoms with Gasteiger partial charge in [-0.3, -0.25) is 0 Å². The van der Waals surface area contributed by atoms with E-state index < -0.39 is 0 Å². The molecule has 0 aromatic rings. The van der Waals surface area contributed by atoms with Crippen molar-refractivity contribution in [1.29, 1.82) is 0 Å². The maximum Gasteiger partial charge on any atom is 0.0499 e. The lowest BCUT2D eigenvalue weighted by atomic mass is 9.75. The summed E-state index contributed by atoms with van der Waals surface area (Å²) in [7, 11) is 1.91. The lowest BCUT2D eigenvalue weighted by molar-refractivity contribution is 0.0739. The molecule has 0 saturated heterocycles. The van der Waals surface area contributed by atoms with E-state index in [2.05, 4.69) is 19.2 Å². The zero-order valence-electron chi connectivity index (χ0n) is 7.65.